The maximum Gasteiger partial charge on any atom is 0.178 e. The summed E-state index contributed by atoms with van der Waals surface area (Å²) in [5.41, 5.74) is 2.67. The lowest BCUT2D eigenvalue weighted by molar-refractivity contribution is 0.318. The van der Waals surface area contributed by atoms with E-state index < -0.39 is 0 Å². The van der Waals surface area contributed by atoms with Gasteiger partial charge < -0.3 is 9.72 Å². The van der Waals surface area contributed by atoms with E-state index in [0.717, 1.165) is 34.7 Å². The molecule has 0 unspecified atom stereocenters. The number of aromatic nitrogens is 3. The summed E-state index contributed by atoms with van der Waals surface area (Å²) in [6.45, 7) is 0.636. The zero-order valence-corrected chi connectivity index (χ0v) is 11.6. The summed E-state index contributed by atoms with van der Waals surface area (Å²) in [6, 6.07) is 11.7. The molecule has 0 fully saturated rings. The fourth-order valence-corrected chi connectivity index (χ4v) is 2.04. The van der Waals surface area contributed by atoms with Crippen LogP contribution in [0.15, 0.2) is 42.6 Å². The fraction of sp³-hybridized carbons (Fsp3) is 0.200. The average Bonchev–Trinajstić information content (AvgIpc) is 2.92. The Bertz CT molecular complexity index is 661. The van der Waals surface area contributed by atoms with Gasteiger partial charge in [0, 0.05) is 17.6 Å². The molecule has 1 aromatic carbocycles. The molecule has 4 nitrogen and oxygen atoms in total. The molecule has 3 aromatic rings. The summed E-state index contributed by atoms with van der Waals surface area (Å²) in [6.07, 6.45) is 2.58. The first-order chi connectivity index (χ1) is 9.86. The zero-order valence-electron chi connectivity index (χ0n) is 10.8. The average molecular weight is 288 g/mol. The van der Waals surface area contributed by atoms with E-state index in [0.29, 0.717) is 12.5 Å². The number of rotatable bonds is 5. The van der Waals surface area contributed by atoms with E-state index in [9.17, 15) is 0 Å². The van der Waals surface area contributed by atoms with Crippen LogP contribution in [0.2, 0.25) is 0 Å². The maximum absolute atomic E-state index is 5.61. The number of halogens is 1. The van der Waals surface area contributed by atoms with Crippen LogP contribution in [0, 0.1) is 0 Å². The predicted molar refractivity (Wildman–Crippen MR) is 80.2 cm³/mol. The Kier molecular flexibility index (Phi) is 3.83. The highest BCUT2D eigenvalue weighted by Crippen LogP contribution is 2.22. The summed E-state index contributed by atoms with van der Waals surface area (Å²) in [5, 5.41) is 0. The molecule has 0 aliphatic rings. The summed E-state index contributed by atoms with van der Waals surface area (Å²) in [5.74, 6) is 2.27. The van der Waals surface area contributed by atoms with Gasteiger partial charge in [0.1, 0.15) is 11.6 Å². The molecular weight excluding hydrogens is 274 g/mol. The molecule has 20 heavy (non-hydrogen) atoms. The van der Waals surface area contributed by atoms with Gasteiger partial charge in [-0.25, -0.2) is 9.97 Å². The van der Waals surface area contributed by atoms with E-state index in [1.54, 1.807) is 6.20 Å². The van der Waals surface area contributed by atoms with Gasteiger partial charge in [0.2, 0.25) is 0 Å². The van der Waals surface area contributed by atoms with Crippen molar-refractivity contribution in [3.8, 4) is 17.1 Å². The number of benzene rings is 1. The second kappa shape index (κ2) is 5.92. The first kappa shape index (κ1) is 12.9. The number of nitrogens with one attached hydrogen (secondary N) is 1. The second-order valence-electron chi connectivity index (χ2n) is 4.38. The molecule has 3 rings (SSSR count). The first-order valence-electron chi connectivity index (χ1n) is 6.47. The molecule has 2 heterocycles. The standard InChI is InChI=1S/C15H14ClN3O/c16-8-2-10-20-12-6-4-11(5-7-12)14-18-13-3-1-9-17-15(13)19-14/h1,3-7,9H,2,8,10H2,(H,17,18,19). The number of fused-ring (bicyclic) bond motifs is 1. The van der Waals surface area contributed by atoms with Crippen molar-refractivity contribution in [3.05, 3.63) is 42.6 Å². The molecule has 0 atom stereocenters. The molecule has 0 spiro atoms. The van der Waals surface area contributed by atoms with Gasteiger partial charge in [0.25, 0.3) is 0 Å². The lowest BCUT2D eigenvalue weighted by atomic mass is 10.2. The fourth-order valence-electron chi connectivity index (χ4n) is 1.94. The lowest BCUT2D eigenvalue weighted by Gasteiger charge is -2.05. The minimum absolute atomic E-state index is 0.615. The van der Waals surface area contributed by atoms with Gasteiger partial charge in [0.15, 0.2) is 5.65 Å². The Morgan fingerprint density at radius 3 is 2.75 bits per heavy atom. The zero-order chi connectivity index (χ0) is 13.8. The van der Waals surface area contributed by atoms with Gasteiger partial charge >= 0.3 is 0 Å². The molecule has 2 aromatic heterocycles. The summed E-state index contributed by atoms with van der Waals surface area (Å²) in [7, 11) is 0. The van der Waals surface area contributed by atoms with Crippen molar-refractivity contribution in [2.75, 3.05) is 12.5 Å². The van der Waals surface area contributed by atoms with Crippen molar-refractivity contribution in [1.82, 2.24) is 15.0 Å². The van der Waals surface area contributed by atoms with Crippen LogP contribution in [0.1, 0.15) is 6.42 Å². The van der Waals surface area contributed by atoms with Crippen molar-refractivity contribution in [2.24, 2.45) is 0 Å². The molecular formula is C15H14ClN3O. The largest absolute Gasteiger partial charge is 0.494 e. The molecule has 0 saturated heterocycles. The molecule has 1 N–H and O–H groups in total. The normalized spacial score (nSPS) is 10.8. The summed E-state index contributed by atoms with van der Waals surface area (Å²) < 4.78 is 5.57. The van der Waals surface area contributed by atoms with Crippen molar-refractivity contribution in [1.29, 1.82) is 0 Å². The van der Waals surface area contributed by atoms with E-state index in [2.05, 4.69) is 15.0 Å². The van der Waals surface area contributed by atoms with Crippen LogP contribution in [0.5, 0.6) is 5.75 Å². The highest BCUT2D eigenvalue weighted by molar-refractivity contribution is 6.17. The SMILES string of the molecule is ClCCCOc1ccc(-c2nc3ncccc3[nH]2)cc1. The number of H-pyrrole nitrogens is 1. The van der Waals surface area contributed by atoms with E-state index in [4.69, 9.17) is 16.3 Å². The van der Waals surface area contributed by atoms with Crippen molar-refractivity contribution in [2.45, 2.75) is 6.42 Å². The molecule has 102 valence electrons. The van der Waals surface area contributed by atoms with Crippen molar-refractivity contribution >= 4 is 22.8 Å². The molecule has 0 aliphatic heterocycles. The van der Waals surface area contributed by atoms with Gasteiger partial charge in [-0.15, -0.1) is 11.6 Å². The van der Waals surface area contributed by atoms with Crippen LogP contribution in [0.4, 0.5) is 0 Å². The highest BCUT2D eigenvalue weighted by Gasteiger charge is 2.05. The molecule has 0 amide bonds. The van der Waals surface area contributed by atoms with Crippen LogP contribution < -0.4 is 4.74 Å². The van der Waals surface area contributed by atoms with E-state index in [1.165, 1.54) is 0 Å². The number of ether oxygens (including phenoxy) is 1. The molecule has 0 radical (unpaired) electrons. The molecule has 0 bridgehead atoms. The topological polar surface area (TPSA) is 50.8 Å². The third kappa shape index (κ3) is 2.75. The van der Waals surface area contributed by atoms with Crippen LogP contribution in [-0.2, 0) is 0 Å². The minimum atomic E-state index is 0.615. The maximum atomic E-state index is 5.61. The van der Waals surface area contributed by atoms with Crippen LogP contribution in [0.3, 0.4) is 0 Å². The Hall–Kier alpha value is -2.07. The van der Waals surface area contributed by atoms with Gasteiger partial charge in [-0.2, -0.15) is 0 Å². The van der Waals surface area contributed by atoms with E-state index in [-0.39, 0.29) is 0 Å². The molecule has 0 aliphatic carbocycles. The van der Waals surface area contributed by atoms with Gasteiger partial charge in [-0.3, -0.25) is 0 Å². The molecule has 0 saturated carbocycles. The van der Waals surface area contributed by atoms with E-state index in [1.807, 2.05) is 36.4 Å². The smallest absolute Gasteiger partial charge is 0.178 e. The number of nitrogens with zero attached hydrogens (tertiary/aromatic N) is 2. The highest BCUT2D eigenvalue weighted by atomic mass is 35.5. The number of alkyl halides is 1. The van der Waals surface area contributed by atoms with Crippen molar-refractivity contribution in [3.63, 3.8) is 0 Å². The van der Waals surface area contributed by atoms with E-state index >= 15 is 0 Å². The Labute approximate surface area is 121 Å². The number of aromatic amines is 1. The number of hydrogen-bond acceptors (Lipinski definition) is 3. The Balaban J connectivity index is 1.79. The third-order valence-electron chi connectivity index (χ3n) is 2.93. The lowest BCUT2D eigenvalue weighted by Crippen LogP contribution is -1.97. The summed E-state index contributed by atoms with van der Waals surface area (Å²) in [4.78, 5) is 11.9. The summed E-state index contributed by atoms with van der Waals surface area (Å²) >= 11 is 5.61. The predicted octanol–water partition coefficient (Wildman–Crippen LogP) is 3.63. The van der Waals surface area contributed by atoms with Gasteiger partial charge in [0.05, 0.1) is 12.1 Å². The third-order valence-corrected chi connectivity index (χ3v) is 3.20. The first-order valence-corrected chi connectivity index (χ1v) is 7.00. The molecule has 5 heteroatoms. The monoisotopic (exact) mass is 287 g/mol. The van der Waals surface area contributed by atoms with Crippen LogP contribution in [0.25, 0.3) is 22.6 Å². The second-order valence-corrected chi connectivity index (χ2v) is 4.75. The van der Waals surface area contributed by atoms with Gasteiger partial charge in [-0.1, -0.05) is 0 Å². The van der Waals surface area contributed by atoms with Crippen LogP contribution >= 0.6 is 11.6 Å². The number of hydrogen-bond donors (Lipinski definition) is 1. The van der Waals surface area contributed by atoms with Crippen molar-refractivity contribution < 1.29 is 4.74 Å². The Morgan fingerprint density at radius 1 is 1.15 bits per heavy atom. The number of imidazole rings is 1. The quantitative estimate of drug-likeness (QED) is 0.576. The minimum Gasteiger partial charge on any atom is -0.494 e. The Morgan fingerprint density at radius 2 is 2.00 bits per heavy atom. The van der Waals surface area contributed by atoms with Crippen LogP contribution in [-0.4, -0.2) is 27.4 Å². The van der Waals surface area contributed by atoms with Gasteiger partial charge in [-0.05, 0) is 42.8 Å². The number of pyridine rings is 1.